The third-order valence-corrected chi connectivity index (χ3v) is 5.61. The van der Waals surface area contributed by atoms with Crippen molar-refractivity contribution >= 4 is 28.6 Å². The van der Waals surface area contributed by atoms with E-state index in [1.807, 2.05) is 6.07 Å². The summed E-state index contributed by atoms with van der Waals surface area (Å²) in [4.78, 5) is 0. The first-order chi connectivity index (χ1) is 13.6. The van der Waals surface area contributed by atoms with Gasteiger partial charge in [0, 0.05) is 11.4 Å². The Morgan fingerprint density at radius 1 is 0.750 bits per heavy atom. The summed E-state index contributed by atoms with van der Waals surface area (Å²) >= 11 is 5.31. The first-order valence-corrected chi connectivity index (χ1v) is 11.9. The van der Waals surface area contributed by atoms with Crippen LogP contribution in [0, 0.1) is 0 Å². The first-order valence-electron chi connectivity index (χ1n) is 11.5. The molecule has 0 aliphatic rings. The van der Waals surface area contributed by atoms with Crippen LogP contribution in [-0.4, -0.2) is 11.7 Å². The molecule has 0 saturated heterocycles. The van der Waals surface area contributed by atoms with Crippen LogP contribution in [0.5, 0.6) is 0 Å². The van der Waals surface area contributed by atoms with Gasteiger partial charge in [0.1, 0.15) is 0 Å². The molecule has 0 radical (unpaired) electrons. The Labute approximate surface area is 178 Å². The highest BCUT2D eigenvalue weighted by Gasteiger charge is 2.07. The maximum absolute atomic E-state index is 5.94. The second-order valence-electron chi connectivity index (χ2n) is 7.93. The molecule has 1 aromatic rings. The Bertz CT molecular complexity index is 533. The van der Waals surface area contributed by atoms with Crippen molar-refractivity contribution in [1.82, 2.24) is 0 Å². The standard InChI is InChI=1S/C24H42N2OS/c1-2-3-4-5-6-7-8-9-10-11-12-13-14-15-16-19-27-24(28)22-18-17-21(25)20-23(22)26/h17-18,20H,2-16,19,25-26H2,1H3. The summed E-state index contributed by atoms with van der Waals surface area (Å²) in [6.07, 6.45) is 20.4. The zero-order chi connectivity index (χ0) is 20.5. The second kappa shape index (κ2) is 16.6. The molecule has 1 aromatic carbocycles. The molecule has 0 fully saturated rings. The van der Waals surface area contributed by atoms with Gasteiger partial charge in [0.25, 0.3) is 0 Å². The van der Waals surface area contributed by atoms with Crippen molar-refractivity contribution in [3.8, 4) is 0 Å². The van der Waals surface area contributed by atoms with Crippen molar-refractivity contribution in [3.05, 3.63) is 23.8 Å². The molecular formula is C24H42N2OS. The van der Waals surface area contributed by atoms with Gasteiger partial charge in [0.05, 0.1) is 12.2 Å². The van der Waals surface area contributed by atoms with E-state index in [1.54, 1.807) is 12.1 Å². The van der Waals surface area contributed by atoms with Crippen molar-refractivity contribution in [2.45, 2.75) is 103 Å². The van der Waals surface area contributed by atoms with Crippen LogP contribution in [0.15, 0.2) is 18.2 Å². The van der Waals surface area contributed by atoms with Gasteiger partial charge in [-0.15, -0.1) is 0 Å². The smallest absolute Gasteiger partial charge is 0.193 e. The lowest BCUT2D eigenvalue weighted by Gasteiger charge is -2.10. The molecule has 0 bridgehead atoms. The van der Waals surface area contributed by atoms with Crippen molar-refractivity contribution in [3.63, 3.8) is 0 Å². The maximum Gasteiger partial charge on any atom is 0.193 e. The van der Waals surface area contributed by atoms with Crippen LogP contribution >= 0.6 is 12.2 Å². The number of hydrogen-bond acceptors (Lipinski definition) is 4. The van der Waals surface area contributed by atoms with Crippen LogP contribution in [0.3, 0.4) is 0 Å². The summed E-state index contributed by atoms with van der Waals surface area (Å²) in [5.41, 5.74) is 13.6. The molecule has 0 unspecified atom stereocenters. The Morgan fingerprint density at radius 3 is 1.68 bits per heavy atom. The SMILES string of the molecule is CCCCCCCCCCCCCCCCCOC(=S)c1ccc(N)cc1N. The van der Waals surface area contributed by atoms with Gasteiger partial charge in [0.2, 0.25) is 0 Å². The maximum atomic E-state index is 5.94. The molecule has 3 nitrogen and oxygen atoms in total. The summed E-state index contributed by atoms with van der Waals surface area (Å²) in [6.45, 7) is 2.95. The molecule has 0 heterocycles. The van der Waals surface area contributed by atoms with Gasteiger partial charge in [-0.05, 0) is 36.8 Å². The third-order valence-electron chi connectivity index (χ3n) is 5.28. The Balaban J connectivity index is 1.86. The number of anilines is 2. The van der Waals surface area contributed by atoms with Crippen LogP contribution in [0.25, 0.3) is 0 Å². The van der Waals surface area contributed by atoms with Crippen LogP contribution in [0.2, 0.25) is 0 Å². The van der Waals surface area contributed by atoms with Gasteiger partial charge in [-0.25, -0.2) is 0 Å². The number of hydrogen-bond donors (Lipinski definition) is 2. The molecule has 0 aliphatic carbocycles. The second-order valence-corrected chi connectivity index (χ2v) is 8.30. The number of nitrogens with two attached hydrogens (primary N) is 2. The average molecular weight is 407 g/mol. The third kappa shape index (κ3) is 12.2. The number of thiocarbonyl (C=S) groups is 1. The summed E-state index contributed by atoms with van der Waals surface area (Å²) in [5, 5.41) is 0.475. The quantitative estimate of drug-likeness (QED) is 0.160. The zero-order valence-corrected chi connectivity index (χ0v) is 18.8. The van der Waals surface area contributed by atoms with Crippen LogP contribution in [0.4, 0.5) is 11.4 Å². The molecule has 4 heteroatoms. The van der Waals surface area contributed by atoms with E-state index in [0.29, 0.717) is 23.0 Å². The minimum absolute atomic E-state index is 0.475. The Morgan fingerprint density at radius 2 is 1.21 bits per heavy atom. The predicted molar refractivity (Wildman–Crippen MR) is 128 cm³/mol. The molecule has 0 aromatic heterocycles. The molecule has 0 saturated carbocycles. The van der Waals surface area contributed by atoms with Crippen LogP contribution in [0.1, 0.15) is 109 Å². The number of rotatable bonds is 17. The largest absolute Gasteiger partial charge is 0.483 e. The van der Waals surface area contributed by atoms with Gasteiger partial charge in [0.15, 0.2) is 5.05 Å². The zero-order valence-electron chi connectivity index (χ0n) is 18.0. The molecule has 0 aliphatic heterocycles. The molecule has 160 valence electrons. The van der Waals surface area contributed by atoms with Gasteiger partial charge in [-0.2, -0.15) is 0 Å². The highest BCUT2D eigenvalue weighted by atomic mass is 32.1. The summed E-state index contributed by atoms with van der Waals surface area (Å²) < 4.78 is 5.67. The van der Waals surface area contributed by atoms with E-state index >= 15 is 0 Å². The number of benzene rings is 1. The van der Waals surface area contributed by atoms with Gasteiger partial charge < -0.3 is 16.2 Å². The van der Waals surface area contributed by atoms with Gasteiger partial charge in [-0.3, -0.25) is 0 Å². The van der Waals surface area contributed by atoms with Crippen molar-refractivity contribution in [2.24, 2.45) is 0 Å². The molecule has 4 N–H and O–H groups in total. The number of ether oxygens (including phenoxy) is 1. The first kappa shape index (κ1) is 24.7. The topological polar surface area (TPSA) is 61.3 Å². The van der Waals surface area contributed by atoms with Crippen molar-refractivity contribution in [2.75, 3.05) is 18.1 Å². The lowest BCUT2D eigenvalue weighted by Crippen LogP contribution is -2.08. The van der Waals surface area contributed by atoms with Crippen molar-refractivity contribution < 1.29 is 4.74 Å². The molecule has 0 amide bonds. The summed E-state index contributed by atoms with van der Waals surface area (Å²) in [7, 11) is 0. The number of unbranched alkanes of at least 4 members (excludes halogenated alkanes) is 14. The molecule has 28 heavy (non-hydrogen) atoms. The normalized spacial score (nSPS) is 10.9. The Kier molecular flexibility index (Phi) is 14.7. The fourth-order valence-corrected chi connectivity index (χ4v) is 3.75. The van der Waals surface area contributed by atoms with Crippen LogP contribution in [-0.2, 0) is 4.74 Å². The minimum atomic E-state index is 0.475. The number of nitrogen functional groups attached to an aromatic ring is 2. The average Bonchev–Trinajstić information content (AvgIpc) is 2.67. The van der Waals surface area contributed by atoms with E-state index < -0.39 is 0 Å². The van der Waals surface area contributed by atoms with E-state index in [1.165, 1.54) is 89.9 Å². The van der Waals surface area contributed by atoms with Crippen molar-refractivity contribution in [1.29, 1.82) is 0 Å². The van der Waals surface area contributed by atoms with E-state index in [0.717, 1.165) is 12.0 Å². The fraction of sp³-hybridized carbons (Fsp3) is 0.708. The monoisotopic (exact) mass is 406 g/mol. The van der Waals surface area contributed by atoms with Gasteiger partial charge in [-0.1, -0.05) is 96.8 Å². The molecule has 1 rings (SSSR count). The Hall–Kier alpha value is -1.29. The molecular weight excluding hydrogens is 364 g/mol. The summed E-state index contributed by atoms with van der Waals surface area (Å²) in [5.74, 6) is 0. The lowest BCUT2D eigenvalue weighted by molar-refractivity contribution is 0.300. The predicted octanol–water partition coefficient (Wildman–Crippen LogP) is 7.41. The highest BCUT2D eigenvalue weighted by molar-refractivity contribution is 7.80. The van der Waals surface area contributed by atoms with E-state index in [2.05, 4.69) is 6.92 Å². The van der Waals surface area contributed by atoms with Crippen LogP contribution < -0.4 is 11.5 Å². The van der Waals surface area contributed by atoms with Gasteiger partial charge >= 0.3 is 0 Å². The fourth-order valence-electron chi connectivity index (χ4n) is 3.48. The minimum Gasteiger partial charge on any atom is -0.483 e. The van der Waals surface area contributed by atoms with E-state index in [-0.39, 0.29) is 0 Å². The highest BCUT2D eigenvalue weighted by Crippen LogP contribution is 2.18. The van der Waals surface area contributed by atoms with E-state index in [4.69, 9.17) is 28.4 Å². The summed E-state index contributed by atoms with van der Waals surface area (Å²) in [6, 6.07) is 5.35. The lowest BCUT2D eigenvalue weighted by atomic mass is 10.0. The van der Waals surface area contributed by atoms with E-state index in [9.17, 15) is 0 Å². The molecule has 0 atom stereocenters. The molecule has 0 spiro atoms.